The van der Waals surface area contributed by atoms with E-state index in [1.165, 1.54) is 48.2 Å². The standard InChI is InChI=1S/C18H15F2N5OS/c1-10-22-23-18-25(10)24-15(11-2-4-12(19)5-3-11)16(27-18)17(26)21-14-8-6-13(20)7-9-14/h2-9,15-16,24H,1H3,(H,21,26)/t15-,16-/m1/s1. The molecule has 1 aliphatic heterocycles. The minimum absolute atomic E-state index is 0.277. The largest absolute Gasteiger partial charge is 0.325 e. The fraction of sp³-hybridized carbons (Fsp3) is 0.167. The molecule has 6 nitrogen and oxygen atoms in total. The third-order valence-corrected chi connectivity index (χ3v) is 5.41. The Morgan fingerprint density at radius 3 is 2.37 bits per heavy atom. The summed E-state index contributed by atoms with van der Waals surface area (Å²) in [5.41, 5.74) is 4.48. The maximum atomic E-state index is 13.3. The van der Waals surface area contributed by atoms with Gasteiger partial charge in [-0.05, 0) is 48.9 Å². The summed E-state index contributed by atoms with van der Waals surface area (Å²) in [5.74, 6) is -0.354. The number of hydrogen-bond donors (Lipinski definition) is 2. The maximum Gasteiger partial charge on any atom is 0.240 e. The third kappa shape index (κ3) is 3.50. The third-order valence-electron chi connectivity index (χ3n) is 4.20. The van der Waals surface area contributed by atoms with E-state index in [9.17, 15) is 13.6 Å². The fourth-order valence-corrected chi connectivity index (χ4v) is 3.95. The quantitative estimate of drug-likeness (QED) is 0.722. The molecule has 2 atom stereocenters. The van der Waals surface area contributed by atoms with E-state index in [1.807, 2.05) is 0 Å². The van der Waals surface area contributed by atoms with Gasteiger partial charge in [-0.15, -0.1) is 10.2 Å². The van der Waals surface area contributed by atoms with Crippen LogP contribution in [0.5, 0.6) is 0 Å². The molecule has 0 unspecified atom stereocenters. The van der Waals surface area contributed by atoms with Crippen LogP contribution in [-0.4, -0.2) is 26.0 Å². The average Bonchev–Trinajstić information content (AvgIpc) is 3.03. The van der Waals surface area contributed by atoms with Crippen molar-refractivity contribution in [3.05, 3.63) is 71.6 Å². The molecule has 0 saturated heterocycles. The number of carbonyl (C=O) groups is 1. The van der Waals surface area contributed by atoms with Crippen LogP contribution in [0.15, 0.2) is 53.7 Å². The van der Waals surface area contributed by atoms with Crippen LogP contribution in [0.1, 0.15) is 17.4 Å². The van der Waals surface area contributed by atoms with Crippen molar-refractivity contribution in [2.45, 2.75) is 23.4 Å². The summed E-state index contributed by atoms with van der Waals surface area (Å²) in [6.07, 6.45) is 0. The minimum atomic E-state index is -0.586. The van der Waals surface area contributed by atoms with E-state index in [4.69, 9.17) is 0 Å². The summed E-state index contributed by atoms with van der Waals surface area (Å²) < 4.78 is 28.1. The first-order chi connectivity index (χ1) is 13.0. The summed E-state index contributed by atoms with van der Waals surface area (Å²) in [7, 11) is 0. The Kier molecular flexibility index (Phi) is 4.53. The number of rotatable bonds is 3. The Bertz CT molecular complexity index is 974. The zero-order valence-electron chi connectivity index (χ0n) is 14.2. The van der Waals surface area contributed by atoms with Crippen LogP contribution in [0.2, 0.25) is 0 Å². The van der Waals surface area contributed by atoms with E-state index in [1.54, 1.807) is 23.7 Å². The lowest BCUT2D eigenvalue weighted by Crippen LogP contribution is -2.41. The number of fused-ring (bicyclic) bond motifs is 1. The Morgan fingerprint density at radius 1 is 1.07 bits per heavy atom. The monoisotopic (exact) mass is 387 g/mol. The fourth-order valence-electron chi connectivity index (χ4n) is 2.83. The van der Waals surface area contributed by atoms with Crippen molar-refractivity contribution in [2.75, 3.05) is 10.7 Å². The number of anilines is 1. The highest BCUT2D eigenvalue weighted by molar-refractivity contribution is 8.00. The maximum absolute atomic E-state index is 13.3. The molecular formula is C18H15F2N5OS. The number of aromatic nitrogens is 3. The van der Waals surface area contributed by atoms with Gasteiger partial charge < -0.3 is 10.7 Å². The zero-order chi connectivity index (χ0) is 19.0. The molecule has 4 rings (SSSR count). The van der Waals surface area contributed by atoms with Gasteiger partial charge in [0.15, 0.2) is 0 Å². The lowest BCUT2D eigenvalue weighted by molar-refractivity contribution is -0.116. The number of hydrogen-bond acceptors (Lipinski definition) is 5. The van der Waals surface area contributed by atoms with Crippen LogP contribution in [0.4, 0.5) is 14.5 Å². The van der Waals surface area contributed by atoms with Crippen LogP contribution >= 0.6 is 11.8 Å². The highest BCUT2D eigenvalue weighted by Gasteiger charge is 2.37. The van der Waals surface area contributed by atoms with Gasteiger partial charge >= 0.3 is 0 Å². The molecule has 2 aromatic carbocycles. The number of aryl methyl sites for hydroxylation is 1. The van der Waals surface area contributed by atoms with E-state index in [2.05, 4.69) is 20.9 Å². The zero-order valence-corrected chi connectivity index (χ0v) is 15.0. The van der Waals surface area contributed by atoms with Gasteiger partial charge in [-0.1, -0.05) is 23.9 Å². The van der Waals surface area contributed by atoms with E-state index in [-0.39, 0.29) is 17.5 Å². The van der Waals surface area contributed by atoms with E-state index in [0.717, 1.165) is 5.56 Å². The molecule has 3 aromatic rings. The van der Waals surface area contributed by atoms with Gasteiger partial charge in [-0.2, -0.15) is 0 Å². The summed E-state index contributed by atoms with van der Waals surface area (Å²) in [5, 5.41) is 10.9. The first-order valence-corrected chi connectivity index (χ1v) is 9.06. The first kappa shape index (κ1) is 17.5. The Balaban J connectivity index is 1.65. The van der Waals surface area contributed by atoms with Crippen molar-refractivity contribution in [3.8, 4) is 0 Å². The molecule has 27 heavy (non-hydrogen) atoms. The molecule has 0 fully saturated rings. The van der Waals surface area contributed by atoms with E-state index in [0.29, 0.717) is 16.7 Å². The van der Waals surface area contributed by atoms with Gasteiger partial charge in [0.05, 0.1) is 6.04 Å². The summed E-state index contributed by atoms with van der Waals surface area (Å²) in [6.45, 7) is 1.80. The molecule has 1 aliphatic rings. The molecule has 0 spiro atoms. The van der Waals surface area contributed by atoms with Gasteiger partial charge in [0.2, 0.25) is 11.1 Å². The smallest absolute Gasteiger partial charge is 0.240 e. The SMILES string of the molecule is Cc1nnc2n1N[C@H](c1ccc(F)cc1)[C@H](C(=O)Nc1ccc(F)cc1)S2. The van der Waals surface area contributed by atoms with Crippen LogP contribution in [0.25, 0.3) is 0 Å². The van der Waals surface area contributed by atoms with Gasteiger partial charge in [0.25, 0.3) is 0 Å². The second-order valence-corrected chi connectivity index (χ2v) is 7.17. The molecule has 0 radical (unpaired) electrons. The van der Waals surface area contributed by atoms with Gasteiger partial charge in [0, 0.05) is 5.69 Å². The van der Waals surface area contributed by atoms with Crippen molar-refractivity contribution < 1.29 is 13.6 Å². The summed E-state index contributed by atoms with van der Waals surface area (Å²) in [4.78, 5) is 12.9. The molecule has 0 aliphatic carbocycles. The Morgan fingerprint density at radius 2 is 1.70 bits per heavy atom. The highest BCUT2D eigenvalue weighted by atomic mass is 32.2. The summed E-state index contributed by atoms with van der Waals surface area (Å²) in [6, 6.07) is 11.1. The molecule has 138 valence electrons. The van der Waals surface area contributed by atoms with Crippen LogP contribution in [0, 0.1) is 18.6 Å². The van der Waals surface area contributed by atoms with E-state index < -0.39 is 11.3 Å². The molecule has 0 bridgehead atoms. The van der Waals surface area contributed by atoms with Gasteiger partial charge in [0.1, 0.15) is 22.7 Å². The molecule has 2 N–H and O–H groups in total. The first-order valence-electron chi connectivity index (χ1n) is 8.18. The van der Waals surface area contributed by atoms with Crippen molar-refractivity contribution in [2.24, 2.45) is 0 Å². The number of halogens is 2. The number of nitrogens with one attached hydrogen (secondary N) is 2. The van der Waals surface area contributed by atoms with Crippen molar-refractivity contribution in [1.82, 2.24) is 14.9 Å². The molecule has 2 heterocycles. The number of thioether (sulfide) groups is 1. The predicted octanol–water partition coefficient (Wildman–Crippen LogP) is 3.26. The van der Waals surface area contributed by atoms with Gasteiger partial charge in [-0.25, -0.2) is 13.5 Å². The Labute approximate surface area is 158 Å². The van der Waals surface area contributed by atoms with Crippen molar-refractivity contribution in [3.63, 3.8) is 0 Å². The normalized spacial score (nSPS) is 18.5. The number of carbonyl (C=O) groups excluding carboxylic acids is 1. The number of benzene rings is 2. The topological polar surface area (TPSA) is 71.8 Å². The molecule has 1 amide bonds. The molecular weight excluding hydrogens is 372 g/mol. The van der Waals surface area contributed by atoms with Crippen molar-refractivity contribution >= 4 is 23.4 Å². The molecule has 0 saturated carbocycles. The minimum Gasteiger partial charge on any atom is -0.325 e. The Hall–Kier alpha value is -2.94. The molecule has 1 aromatic heterocycles. The number of nitrogens with zero attached hydrogens (tertiary/aromatic N) is 3. The second kappa shape index (κ2) is 6.99. The van der Waals surface area contributed by atoms with Crippen LogP contribution < -0.4 is 10.7 Å². The average molecular weight is 387 g/mol. The lowest BCUT2D eigenvalue weighted by Gasteiger charge is -2.32. The van der Waals surface area contributed by atoms with E-state index >= 15 is 0 Å². The van der Waals surface area contributed by atoms with Crippen molar-refractivity contribution in [1.29, 1.82) is 0 Å². The number of amides is 1. The van der Waals surface area contributed by atoms with Crippen LogP contribution in [0.3, 0.4) is 0 Å². The summed E-state index contributed by atoms with van der Waals surface area (Å²) >= 11 is 1.26. The predicted molar refractivity (Wildman–Crippen MR) is 97.9 cm³/mol. The van der Waals surface area contributed by atoms with Crippen LogP contribution in [-0.2, 0) is 4.79 Å². The highest BCUT2D eigenvalue weighted by Crippen LogP contribution is 2.37. The second-order valence-electron chi connectivity index (χ2n) is 6.06. The molecule has 9 heteroatoms. The lowest BCUT2D eigenvalue weighted by atomic mass is 10.0. The van der Waals surface area contributed by atoms with Gasteiger partial charge in [-0.3, -0.25) is 4.79 Å².